The lowest BCUT2D eigenvalue weighted by Crippen LogP contribution is -2.28. The number of carbonyl (C=O) groups excluding carboxylic acids is 1. The van der Waals surface area contributed by atoms with Gasteiger partial charge in [-0.25, -0.2) is 0 Å². The average Bonchev–Trinajstić information content (AvgIpc) is 2.45. The number of benzene rings is 2. The standard InChI is InChI=1S/C16H16ClNO2/c1-2-14(11-6-4-3-5-7-11)18-16(20)13-9-8-12(17)10-15(13)19/h3-10,14,19H,2H2,1H3,(H,18,20). The third-order valence-corrected chi connectivity index (χ3v) is 3.36. The lowest BCUT2D eigenvalue weighted by atomic mass is 10.0. The van der Waals surface area contributed by atoms with Crippen molar-refractivity contribution in [2.45, 2.75) is 19.4 Å². The van der Waals surface area contributed by atoms with Crippen molar-refractivity contribution >= 4 is 17.5 Å². The van der Waals surface area contributed by atoms with E-state index in [-0.39, 0.29) is 23.3 Å². The Hall–Kier alpha value is -2.00. The molecule has 0 saturated carbocycles. The molecule has 0 fully saturated rings. The van der Waals surface area contributed by atoms with Gasteiger partial charge in [-0.2, -0.15) is 0 Å². The van der Waals surface area contributed by atoms with E-state index >= 15 is 0 Å². The Balaban J connectivity index is 2.17. The van der Waals surface area contributed by atoms with Crippen molar-refractivity contribution in [2.24, 2.45) is 0 Å². The molecule has 0 aliphatic carbocycles. The van der Waals surface area contributed by atoms with Gasteiger partial charge in [0.15, 0.2) is 0 Å². The fraction of sp³-hybridized carbons (Fsp3) is 0.188. The third-order valence-electron chi connectivity index (χ3n) is 3.12. The molecule has 1 unspecified atom stereocenters. The van der Waals surface area contributed by atoms with Crippen molar-refractivity contribution in [3.63, 3.8) is 0 Å². The highest BCUT2D eigenvalue weighted by molar-refractivity contribution is 6.30. The zero-order valence-corrected chi connectivity index (χ0v) is 11.9. The summed E-state index contributed by atoms with van der Waals surface area (Å²) in [5.41, 5.74) is 1.26. The molecule has 0 heterocycles. The number of phenolic OH excluding ortho intramolecular Hbond substituents is 1. The van der Waals surface area contributed by atoms with Crippen LogP contribution in [0.1, 0.15) is 35.3 Å². The Morgan fingerprint density at radius 3 is 2.55 bits per heavy atom. The number of hydrogen-bond acceptors (Lipinski definition) is 2. The Labute approximate surface area is 123 Å². The van der Waals surface area contributed by atoms with E-state index in [4.69, 9.17) is 11.6 Å². The van der Waals surface area contributed by atoms with Crippen LogP contribution in [0.4, 0.5) is 0 Å². The van der Waals surface area contributed by atoms with E-state index in [1.165, 1.54) is 12.1 Å². The maximum Gasteiger partial charge on any atom is 0.255 e. The van der Waals surface area contributed by atoms with E-state index in [1.54, 1.807) is 6.07 Å². The number of hydrogen-bond donors (Lipinski definition) is 2. The van der Waals surface area contributed by atoms with Crippen molar-refractivity contribution in [2.75, 3.05) is 0 Å². The van der Waals surface area contributed by atoms with Crippen LogP contribution in [0.3, 0.4) is 0 Å². The molecule has 1 atom stereocenters. The van der Waals surface area contributed by atoms with E-state index in [0.29, 0.717) is 5.02 Å². The van der Waals surface area contributed by atoms with Crippen LogP contribution in [0, 0.1) is 0 Å². The van der Waals surface area contributed by atoms with E-state index in [2.05, 4.69) is 5.32 Å². The second kappa shape index (κ2) is 6.44. The minimum atomic E-state index is -0.310. The van der Waals surface area contributed by atoms with Crippen molar-refractivity contribution < 1.29 is 9.90 Å². The highest BCUT2D eigenvalue weighted by Crippen LogP contribution is 2.23. The smallest absolute Gasteiger partial charge is 0.255 e. The van der Waals surface area contributed by atoms with Crippen molar-refractivity contribution in [1.29, 1.82) is 0 Å². The first-order chi connectivity index (χ1) is 9.61. The molecule has 3 nitrogen and oxygen atoms in total. The van der Waals surface area contributed by atoms with Gasteiger partial charge in [0.1, 0.15) is 5.75 Å². The minimum Gasteiger partial charge on any atom is -0.507 e. The summed E-state index contributed by atoms with van der Waals surface area (Å²) in [4.78, 5) is 12.2. The summed E-state index contributed by atoms with van der Waals surface area (Å²) in [7, 11) is 0. The number of carbonyl (C=O) groups is 1. The third kappa shape index (κ3) is 3.31. The van der Waals surface area contributed by atoms with Gasteiger partial charge >= 0.3 is 0 Å². The first-order valence-electron chi connectivity index (χ1n) is 6.46. The minimum absolute atomic E-state index is 0.0845. The first-order valence-corrected chi connectivity index (χ1v) is 6.84. The van der Waals surface area contributed by atoms with Gasteiger partial charge in [-0.15, -0.1) is 0 Å². The Morgan fingerprint density at radius 1 is 1.25 bits per heavy atom. The summed E-state index contributed by atoms with van der Waals surface area (Å²) in [5.74, 6) is -0.423. The number of phenols is 1. The predicted molar refractivity (Wildman–Crippen MR) is 80.1 cm³/mol. The van der Waals surface area contributed by atoms with Gasteiger partial charge in [0.2, 0.25) is 0 Å². The number of aromatic hydroxyl groups is 1. The number of rotatable bonds is 4. The number of halogens is 1. The topological polar surface area (TPSA) is 49.3 Å². The zero-order valence-electron chi connectivity index (χ0n) is 11.1. The molecule has 2 rings (SSSR count). The molecule has 0 spiro atoms. The zero-order chi connectivity index (χ0) is 14.5. The van der Waals surface area contributed by atoms with Crippen LogP contribution in [0.15, 0.2) is 48.5 Å². The molecule has 4 heteroatoms. The highest BCUT2D eigenvalue weighted by atomic mass is 35.5. The van der Waals surface area contributed by atoms with Crippen molar-refractivity contribution in [3.8, 4) is 5.75 Å². The predicted octanol–water partition coefficient (Wildman–Crippen LogP) is 3.93. The van der Waals surface area contributed by atoms with Crippen LogP contribution in [-0.4, -0.2) is 11.0 Å². The van der Waals surface area contributed by atoms with Crippen LogP contribution in [-0.2, 0) is 0 Å². The van der Waals surface area contributed by atoms with E-state index in [1.807, 2.05) is 37.3 Å². The summed E-state index contributed by atoms with van der Waals surface area (Å²) < 4.78 is 0. The summed E-state index contributed by atoms with van der Waals surface area (Å²) in [6.07, 6.45) is 0.768. The van der Waals surface area contributed by atoms with Gasteiger partial charge in [-0.1, -0.05) is 48.9 Å². The van der Waals surface area contributed by atoms with Gasteiger partial charge in [0.05, 0.1) is 11.6 Å². The fourth-order valence-corrected chi connectivity index (χ4v) is 2.21. The normalized spacial score (nSPS) is 11.9. The summed E-state index contributed by atoms with van der Waals surface area (Å²) in [6.45, 7) is 2.00. The van der Waals surface area contributed by atoms with Gasteiger partial charge in [0.25, 0.3) is 5.91 Å². The van der Waals surface area contributed by atoms with Crippen molar-refractivity contribution in [3.05, 3.63) is 64.7 Å². The largest absolute Gasteiger partial charge is 0.507 e. The highest BCUT2D eigenvalue weighted by Gasteiger charge is 2.16. The molecule has 0 radical (unpaired) electrons. The van der Waals surface area contributed by atoms with E-state index in [9.17, 15) is 9.90 Å². The second-order valence-corrected chi connectivity index (χ2v) is 4.94. The molecular formula is C16H16ClNO2. The molecule has 0 saturated heterocycles. The van der Waals surface area contributed by atoms with Crippen molar-refractivity contribution in [1.82, 2.24) is 5.32 Å². The quantitative estimate of drug-likeness (QED) is 0.896. The molecule has 0 aromatic heterocycles. The van der Waals surface area contributed by atoms with Crippen LogP contribution < -0.4 is 5.32 Å². The Bertz CT molecular complexity index is 599. The maximum absolute atomic E-state index is 12.2. The lowest BCUT2D eigenvalue weighted by molar-refractivity contribution is 0.0933. The second-order valence-electron chi connectivity index (χ2n) is 4.51. The van der Waals surface area contributed by atoms with Crippen LogP contribution in [0.2, 0.25) is 5.02 Å². The number of nitrogens with one attached hydrogen (secondary N) is 1. The monoisotopic (exact) mass is 289 g/mol. The molecule has 0 bridgehead atoms. The molecule has 2 aromatic rings. The summed E-state index contributed by atoms with van der Waals surface area (Å²) in [6, 6.07) is 14.1. The molecule has 104 valence electrons. The fourth-order valence-electron chi connectivity index (χ4n) is 2.04. The molecule has 1 amide bonds. The molecule has 0 aliphatic heterocycles. The van der Waals surface area contributed by atoms with Crippen LogP contribution in [0.25, 0.3) is 0 Å². The molecule has 0 aliphatic rings. The van der Waals surface area contributed by atoms with Gasteiger partial charge in [-0.05, 0) is 30.2 Å². The first kappa shape index (κ1) is 14.4. The Morgan fingerprint density at radius 2 is 1.95 bits per heavy atom. The van der Waals surface area contributed by atoms with Crippen LogP contribution >= 0.6 is 11.6 Å². The lowest BCUT2D eigenvalue weighted by Gasteiger charge is -2.17. The van der Waals surface area contributed by atoms with E-state index in [0.717, 1.165) is 12.0 Å². The number of amides is 1. The Kier molecular flexibility index (Phi) is 4.64. The van der Waals surface area contributed by atoms with Gasteiger partial charge < -0.3 is 10.4 Å². The van der Waals surface area contributed by atoms with E-state index < -0.39 is 0 Å². The average molecular weight is 290 g/mol. The molecule has 2 N–H and O–H groups in total. The molecule has 20 heavy (non-hydrogen) atoms. The SMILES string of the molecule is CCC(NC(=O)c1ccc(Cl)cc1O)c1ccccc1. The van der Waals surface area contributed by atoms with Crippen LogP contribution in [0.5, 0.6) is 5.75 Å². The summed E-state index contributed by atoms with van der Waals surface area (Å²) >= 11 is 5.76. The van der Waals surface area contributed by atoms with Gasteiger partial charge in [0, 0.05) is 5.02 Å². The molecular weight excluding hydrogens is 274 g/mol. The summed E-state index contributed by atoms with van der Waals surface area (Å²) in [5, 5.41) is 13.1. The van der Waals surface area contributed by atoms with Gasteiger partial charge in [-0.3, -0.25) is 4.79 Å². The maximum atomic E-state index is 12.2. The molecule has 2 aromatic carbocycles.